The summed E-state index contributed by atoms with van der Waals surface area (Å²) >= 11 is 0. The molecule has 17 rings (SSSR count). The summed E-state index contributed by atoms with van der Waals surface area (Å²) in [5.74, 6) is 0. The summed E-state index contributed by atoms with van der Waals surface area (Å²) in [7, 11) is 2.13. The molecule has 17 aromatic rings. The van der Waals surface area contributed by atoms with E-state index in [9.17, 15) is 0 Å². The van der Waals surface area contributed by atoms with Gasteiger partial charge in [0.1, 0.15) is 0 Å². The van der Waals surface area contributed by atoms with Crippen LogP contribution < -0.4 is 0 Å². The maximum atomic E-state index is 3.32. The molecule has 0 spiro atoms. The van der Waals surface area contributed by atoms with Gasteiger partial charge < -0.3 is 4.57 Å². The standard InChI is InChI=1S/2C16H14.C14H13N.4C14H12.14C2H6.4Y/c1-11-3-7-15-13(9-11)5-6-14-10-12(2)4-8-16(14)15;1-11-7-8-15-13(9-11)10-12(2)14-5-3-4-6-16(14)15;1-10-7-8-12-11-5-3-4-6-13(11)15(2)14(12)9-10;1-11-3-7-13(8-4-11)14-9-5-12(2)6-10-14;2*1-11-5-3-7-13(9-11)14-8-4-6-12(2)10-14;1-11-6-8-13(9-7-11)14-5-3-4-12(2)10-14;14*1-2;;;;/h2*3-10H,1-2H3;3-9H,1-2H3;3-7,9H,1-2H3;3-6,9-10H,1-2H3;3-8H,1-2H3;3-4,6-8,10H,1-2H3;14*1-2H3;;;;/q;;;4*-2;;;;;;;;;;;;;;;;;;. The molecule has 16 aromatic carbocycles. The zero-order valence-corrected chi connectivity index (χ0v) is 104. The summed E-state index contributed by atoms with van der Waals surface area (Å²) in [6.07, 6.45) is 0. The van der Waals surface area contributed by atoms with Crippen molar-refractivity contribution in [3.63, 3.8) is 0 Å². The molecule has 4 radical (unpaired) electrons. The Morgan fingerprint density at radius 1 is 0.178 bits per heavy atom. The van der Waals surface area contributed by atoms with Crippen molar-refractivity contribution in [1.29, 1.82) is 0 Å². The number of fused-ring (bicyclic) bond motifs is 9. The Kier molecular flexibility index (Phi) is 94.8. The van der Waals surface area contributed by atoms with E-state index in [4.69, 9.17) is 0 Å². The maximum absolute atomic E-state index is 3.32. The first kappa shape index (κ1) is 143. The monoisotopic (exact) mass is 2100 g/mol. The predicted molar refractivity (Wildman–Crippen MR) is 602 cm³/mol. The molecule has 1 heterocycles. The molecule has 0 atom stereocenters. The van der Waals surface area contributed by atoms with Gasteiger partial charge in [-0.2, -0.15) is 164 Å². The molecular weight excluding hydrogens is 1930 g/mol. The topological polar surface area (TPSA) is 4.93 Å². The normalized spacial score (nSPS) is 8.73. The molecule has 0 aliphatic heterocycles. The number of aryl methyl sites for hydroxylation is 14. The molecule has 1 aromatic heterocycles. The van der Waals surface area contributed by atoms with E-state index < -0.39 is 0 Å². The number of para-hydroxylation sites is 1. The van der Waals surface area contributed by atoms with Crippen molar-refractivity contribution in [2.75, 3.05) is 0 Å². The Bertz CT molecular complexity index is 5450. The number of hydrogen-bond donors (Lipinski definition) is 0. The number of rotatable bonds is 4. The molecule has 0 amide bonds. The van der Waals surface area contributed by atoms with E-state index in [1.165, 1.54) is 126 Å². The van der Waals surface area contributed by atoms with Gasteiger partial charge in [0.05, 0.1) is 0 Å². The molecule has 718 valence electrons. The second kappa shape index (κ2) is 89.4. The fraction of sp³-hybridized carbons (Fsp3) is 0.323. The molecule has 0 unspecified atom stereocenters. The SMILES string of the molecule is CC.CC.CC.CC.CC.CC.CC.CC.CC.CC.CC.CC.CC.CC.Cc1[c-]c(-c2[c-]c(C)ccc2)ccc1.Cc1c[c-]c(-c2[c-]cc(C)cc2)cc1.Cc1c[c-]c(-c2[c-]ccc(C)c2)cc1.Cc1cc[c-]c(-c2[c-]ccc(C)c2)c1.Cc1ccc2c(c1)cc(C)c1ccccc12.Cc1ccc2c(ccc3cc(C)ccc32)c1.Cc1ccc2c3ccccc3n(C)c2c1.[Y].[Y].[Y].[Y]. The zero-order valence-electron chi connectivity index (χ0n) is 92.4. The Balaban J connectivity index is -0.000000221. The van der Waals surface area contributed by atoms with Crippen LogP contribution in [0.3, 0.4) is 0 Å². The molecule has 0 saturated carbocycles. The van der Waals surface area contributed by atoms with Gasteiger partial charge in [-0.3, -0.25) is 0 Å². The number of benzene rings is 16. The van der Waals surface area contributed by atoms with Crippen LogP contribution in [-0.4, -0.2) is 4.57 Å². The molecule has 0 N–H and O–H groups in total. The molecule has 5 heteroatoms. The summed E-state index contributed by atoms with van der Waals surface area (Å²) in [5, 5.41) is 13.5. The summed E-state index contributed by atoms with van der Waals surface area (Å²) in [5.41, 5.74) is 28.0. The van der Waals surface area contributed by atoms with Gasteiger partial charge in [-0.25, -0.2) is 44.5 Å². The minimum Gasteiger partial charge on any atom is -0.344 e. The van der Waals surface area contributed by atoms with Gasteiger partial charge >= 0.3 is 0 Å². The van der Waals surface area contributed by atoms with Crippen LogP contribution in [0, 0.1) is 139 Å². The Morgan fingerprint density at radius 3 is 0.770 bits per heavy atom. The number of nitrogens with zero attached hydrogens (tertiary/aromatic N) is 1. The quantitative estimate of drug-likeness (QED) is 0.122. The zero-order chi connectivity index (χ0) is 101. The van der Waals surface area contributed by atoms with Crippen LogP contribution in [-0.2, 0) is 138 Å². The summed E-state index contributed by atoms with van der Waals surface area (Å²) in [6, 6.07) is 126. The average Bonchev–Trinajstić information content (AvgIpc) is 1.71. The largest absolute Gasteiger partial charge is 0.344 e. The first-order valence-electron chi connectivity index (χ1n) is 49.4. The van der Waals surface area contributed by atoms with E-state index in [1.807, 2.05) is 230 Å². The third-order valence-corrected chi connectivity index (χ3v) is 18.3. The van der Waals surface area contributed by atoms with Crippen molar-refractivity contribution in [2.45, 2.75) is 284 Å². The summed E-state index contributed by atoms with van der Waals surface area (Å²) < 4.78 is 2.26. The first-order chi connectivity index (χ1) is 63.8. The Labute approximate surface area is 930 Å². The second-order valence-corrected chi connectivity index (χ2v) is 27.2. The van der Waals surface area contributed by atoms with Crippen LogP contribution in [0.25, 0.3) is 109 Å². The van der Waals surface area contributed by atoms with Gasteiger partial charge in [-0.05, 0) is 101 Å². The van der Waals surface area contributed by atoms with Gasteiger partial charge in [0.15, 0.2) is 0 Å². The molecule has 1 nitrogen and oxygen atoms in total. The van der Waals surface area contributed by atoms with Gasteiger partial charge in [-0.15, -0.1) is 74.8 Å². The van der Waals surface area contributed by atoms with Gasteiger partial charge in [0.2, 0.25) is 0 Å². The van der Waals surface area contributed by atoms with Crippen molar-refractivity contribution in [3.8, 4) is 44.5 Å². The minimum absolute atomic E-state index is 0. The number of aromatic nitrogens is 1. The average molecular weight is 2110 g/mol. The van der Waals surface area contributed by atoms with E-state index in [0.717, 1.165) is 55.6 Å². The maximum Gasteiger partial charge on any atom is 0.0491 e. The molecule has 0 bridgehead atoms. The molecule has 0 aliphatic carbocycles. The van der Waals surface area contributed by atoms with Gasteiger partial charge in [0, 0.05) is 160 Å². The van der Waals surface area contributed by atoms with Gasteiger partial charge in [0.25, 0.3) is 0 Å². The van der Waals surface area contributed by atoms with Crippen molar-refractivity contribution < 1.29 is 131 Å². The minimum atomic E-state index is 0. The van der Waals surface area contributed by atoms with E-state index in [1.54, 1.807) is 0 Å². The van der Waals surface area contributed by atoms with Crippen LogP contribution in [0.4, 0.5) is 0 Å². The van der Waals surface area contributed by atoms with Crippen LogP contribution in [0.2, 0.25) is 0 Å². The van der Waals surface area contributed by atoms with Crippen molar-refractivity contribution in [2.24, 2.45) is 7.05 Å². The van der Waals surface area contributed by atoms with E-state index in [-0.39, 0.29) is 131 Å². The number of hydrogen-bond acceptors (Lipinski definition) is 0. The van der Waals surface area contributed by atoms with Crippen molar-refractivity contribution in [1.82, 2.24) is 4.57 Å². The van der Waals surface area contributed by atoms with Crippen LogP contribution >= 0.6 is 0 Å². The molecule has 0 aliphatic rings. The fourth-order valence-electron chi connectivity index (χ4n) is 12.7. The second-order valence-electron chi connectivity index (χ2n) is 27.2. The molecule has 135 heavy (non-hydrogen) atoms. The van der Waals surface area contributed by atoms with Crippen LogP contribution in [0.15, 0.2) is 285 Å². The predicted octanol–water partition coefficient (Wildman–Crippen LogP) is 41.5. The molecular formula is C130H173NY4-8. The Morgan fingerprint density at radius 2 is 0.444 bits per heavy atom. The third-order valence-electron chi connectivity index (χ3n) is 18.3. The Hall–Kier alpha value is -7.22. The first-order valence-corrected chi connectivity index (χ1v) is 49.4. The van der Waals surface area contributed by atoms with E-state index in [0.29, 0.717) is 0 Å². The third kappa shape index (κ3) is 51.5. The van der Waals surface area contributed by atoms with Crippen molar-refractivity contribution in [3.05, 3.63) is 406 Å². The van der Waals surface area contributed by atoms with Crippen LogP contribution in [0.5, 0.6) is 0 Å². The summed E-state index contributed by atoms with van der Waals surface area (Å²) in [4.78, 5) is 0. The smallest absolute Gasteiger partial charge is 0.0491 e. The van der Waals surface area contributed by atoms with E-state index >= 15 is 0 Å². The van der Waals surface area contributed by atoms with Crippen molar-refractivity contribution >= 4 is 64.9 Å². The molecule has 0 fully saturated rings. The van der Waals surface area contributed by atoms with Gasteiger partial charge in [-0.1, -0.05) is 393 Å². The van der Waals surface area contributed by atoms with E-state index in [2.05, 4.69) is 399 Å². The molecule has 0 saturated heterocycles. The van der Waals surface area contributed by atoms with Crippen LogP contribution in [0.1, 0.15) is 266 Å². The summed E-state index contributed by atoms with van der Waals surface area (Å²) in [6.45, 7) is 83.3. The fourth-order valence-corrected chi connectivity index (χ4v) is 12.7.